The van der Waals surface area contributed by atoms with Crippen molar-refractivity contribution >= 4 is 13.8 Å². The molecule has 1 rings (SSSR count). The molecule has 7 heteroatoms. The lowest BCUT2D eigenvalue weighted by molar-refractivity contribution is -0.145. The summed E-state index contributed by atoms with van der Waals surface area (Å²) < 4.78 is 34.4. The van der Waals surface area contributed by atoms with Crippen LogP contribution in [0.4, 0.5) is 0 Å². The Balaban J connectivity index is 2.41. The van der Waals surface area contributed by atoms with Gasteiger partial charge in [0.15, 0.2) is 0 Å². The van der Waals surface area contributed by atoms with Gasteiger partial charge < -0.3 is 4.74 Å². The zero-order chi connectivity index (χ0) is 19.8. The van der Waals surface area contributed by atoms with Crippen LogP contribution in [0, 0.1) is 0 Å². The lowest BCUT2D eigenvalue weighted by atomic mass is 10.2. The van der Waals surface area contributed by atoms with E-state index in [9.17, 15) is 9.36 Å². The van der Waals surface area contributed by atoms with Crippen LogP contribution in [0.25, 0.3) is 0 Å². The molecule has 0 bridgehead atoms. The molecule has 148 valence electrons. The molecule has 0 radical (unpaired) electrons. The third-order valence-electron chi connectivity index (χ3n) is 2.79. The Hall–Kier alpha value is -1.20. The fourth-order valence-corrected chi connectivity index (χ4v) is 3.78. The van der Waals surface area contributed by atoms with Gasteiger partial charge in [0.1, 0.15) is 6.61 Å². The van der Waals surface area contributed by atoms with E-state index in [1.807, 2.05) is 30.3 Å². The summed E-state index contributed by atoms with van der Waals surface area (Å²) >= 11 is 0. The molecule has 0 amide bonds. The quantitative estimate of drug-likeness (QED) is 0.327. The molecule has 0 aromatic heterocycles. The first kappa shape index (κ1) is 22.8. The van der Waals surface area contributed by atoms with Gasteiger partial charge in [-0.3, -0.25) is 18.4 Å². The van der Waals surface area contributed by atoms with Crippen molar-refractivity contribution in [3.8, 4) is 0 Å². The average Bonchev–Trinajstić information content (AvgIpc) is 2.47. The monoisotopic (exact) mass is 386 g/mol. The largest absolute Gasteiger partial charge is 0.475 e. The molecule has 0 atom stereocenters. The third-order valence-corrected chi connectivity index (χ3v) is 4.83. The van der Waals surface area contributed by atoms with Crippen molar-refractivity contribution in [3.05, 3.63) is 35.9 Å². The standard InChI is InChI=1S/C19H31O6P/c1-18(2,3)24-26(21,25-19(4,5)6)23-14-10-13-17(20)22-15-16-11-8-7-9-12-16/h7-9,11-12H,10,13-15H2,1-6H3. The highest BCUT2D eigenvalue weighted by atomic mass is 31.2. The summed E-state index contributed by atoms with van der Waals surface area (Å²) in [5, 5.41) is 0. The van der Waals surface area contributed by atoms with E-state index in [0.717, 1.165) is 5.56 Å². The maximum atomic E-state index is 12.8. The predicted octanol–water partition coefficient (Wildman–Crippen LogP) is 5.26. The fourth-order valence-electron chi connectivity index (χ4n) is 1.95. The van der Waals surface area contributed by atoms with Crippen molar-refractivity contribution in [2.24, 2.45) is 0 Å². The predicted molar refractivity (Wildman–Crippen MR) is 101 cm³/mol. The van der Waals surface area contributed by atoms with E-state index in [-0.39, 0.29) is 25.6 Å². The number of phosphoric ester groups is 1. The van der Waals surface area contributed by atoms with Gasteiger partial charge in [0.05, 0.1) is 17.8 Å². The molecule has 0 aliphatic heterocycles. The number of hydrogen-bond donors (Lipinski definition) is 0. The van der Waals surface area contributed by atoms with Gasteiger partial charge in [0.2, 0.25) is 0 Å². The molecule has 0 spiro atoms. The molecule has 1 aromatic carbocycles. The number of ether oxygens (including phenoxy) is 1. The Morgan fingerprint density at radius 2 is 1.50 bits per heavy atom. The van der Waals surface area contributed by atoms with Crippen LogP contribution in [0.3, 0.4) is 0 Å². The second kappa shape index (κ2) is 9.65. The number of carbonyl (C=O) groups is 1. The zero-order valence-electron chi connectivity index (χ0n) is 16.6. The number of carbonyl (C=O) groups excluding carboxylic acids is 1. The number of phosphoric acid groups is 1. The molecule has 0 aliphatic carbocycles. The first-order chi connectivity index (χ1) is 11.9. The van der Waals surface area contributed by atoms with Gasteiger partial charge in [-0.1, -0.05) is 30.3 Å². The van der Waals surface area contributed by atoms with E-state index >= 15 is 0 Å². The van der Waals surface area contributed by atoms with Gasteiger partial charge in [-0.05, 0) is 53.5 Å². The highest BCUT2D eigenvalue weighted by molar-refractivity contribution is 7.48. The molecule has 6 nitrogen and oxygen atoms in total. The zero-order valence-corrected chi connectivity index (χ0v) is 17.5. The molecular formula is C19H31O6P. The maximum absolute atomic E-state index is 12.8. The minimum atomic E-state index is -3.74. The van der Waals surface area contributed by atoms with Crippen LogP contribution < -0.4 is 0 Å². The Bertz CT molecular complexity index is 581. The van der Waals surface area contributed by atoms with Crippen molar-refractivity contribution in [2.75, 3.05) is 6.61 Å². The van der Waals surface area contributed by atoms with Crippen LogP contribution in [-0.4, -0.2) is 23.8 Å². The smallest absolute Gasteiger partial charge is 0.461 e. The Morgan fingerprint density at radius 1 is 0.962 bits per heavy atom. The Kier molecular flexibility index (Phi) is 8.48. The first-order valence-corrected chi connectivity index (χ1v) is 10.2. The summed E-state index contributed by atoms with van der Waals surface area (Å²) in [7, 11) is -3.74. The Labute approximate surface area is 156 Å². The third kappa shape index (κ3) is 10.7. The molecule has 0 aliphatic rings. The first-order valence-electron chi connectivity index (χ1n) is 8.74. The van der Waals surface area contributed by atoms with E-state index < -0.39 is 19.0 Å². The van der Waals surface area contributed by atoms with Crippen molar-refractivity contribution in [2.45, 2.75) is 72.2 Å². The van der Waals surface area contributed by atoms with Crippen molar-refractivity contribution in [3.63, 3.8) is 0 Å². The van der Waals surface area contributed by atoms with Crippen LogP contribution in [0.2, 0.25) is 0 Å². The molecule has 0 unspecified atom stereocenters. The highest BCUT2D eigenvalue weighted by Crippen LogP contribution is 2.55. The van der Waals surface area contributed by atoms with Crippen molar-refractivity contribution in [1.82, 2.24) is 0 Å². The van der Waals surface area contributed by atoms with Gasteiger partial charge in [0.25, 0.3) is 0 Å². The van der Waals surface area contributed by atoms with Gasteiger partial charge in [0, 0.05) is 6.42 Å². The number of hydrogen-bond acceptors (Lipinski definition) is 6. The van der Waals surface area contributed by atoms with Crippen LogP contribution >= 0.6 is 7.82 Å². The van der Waals surface area contributed by atoms with E-state index in [1.165, 1.54) is 0 Å². The van der Waals surface area contributed by atoms with E-state index in [4.69, 9.17) is 18.3 Å². The normalized spacial score (nSPS) is 12.8. The second-order valence-electron chi connectivity index (χ2n) is 7.94. The fraction of sp³-hybridized carbons (Fsp3) is 0.632. The van der Waals surface area contributed by atoms with Crippen LogP contribution in [0.15, 0.2) is 30.3 Å². The summed E-state index contributed by atoms with van der Waals surface area (Å²) in [6.45, 7) is 11.0. The SMILES string of the molecule is CC(C)(C)OP(=O)(OCCCC(=O)OCc1ccccc1)OC(C)(C)C. The van der Waals surface area contributed by atoms with Gasteiger partial charge >= 0.3 is 13.8 Å². The topological polar surface area (TPSA) is 71.1 Å². The molecule has 0 fully saturated rings. The number of esters is 1. The lowest BCUT2D eigenvalue weighted by Crippen LogP contribution is -2.24. The lowest BCUT2D eigenvalue weighted by Gasteiger charge is -2.30. The molecule has 0 saturated carbocycles. The molecular weight excluding hydrogens is 355 g/mol. The molecule has 26 heavy (non-hydrogen) atoms. The van der Waals surface area contributed by atoms with Gasteiger partial charge in [-0.25, -0.2) is 4.57 Å². The minimum Gasteiger partial charge on any atom is -0.461 e. The van der Waals surface area contributed by atoms with Crippen LogP contribution in [0.1, 0.15) is 59.9 Å². The summed E-state index contributed by atoms with van der Waals surface area (Å²) in [5.74, 6) is -0.333. The van der Waals surface area contributed by atoms with Gasteiger partial charge in [-0.2, -0.15) is 0 Å². The second-order valence-corrected chi connectivity index (χ2v) is 9.46. The van der Waals surface area contributed by atoms with Crippen molar-refractivity contribution in [1.29, 1.82) is 0 Å². The van der Waals surface area contributed by atoms with Crippen LogP contribution in [0.5, 0.6) is 0 Å². The maximum Gasteiger partial charge on any atom is 0.475 e. The molecule has 1 aromatic rings. The molecule has 0 N–H and O–H groups in total. The van der Waals surface area contributed by atoms with E-state index in [2.05, 4.69) is 0 Å². The van der Waals surface area contributed by atoms with E-state index in [1.54, 1.807) is 41.5 Å². The summed E-state index contributed by atoms with van der Waals surface area (Å²) in [4.78, 5) is 11.8. The van der Waals surface area contributed by atoms with E-state index in [0.29, 0.717) is 6.42 Å². The number of rotatable bonds is 9. The summed E-state index contributed by atoms with van der Waals surface area (Å²) in [6.07, 6.45) is 0.524. The summed E-state index contributed by atoms with van der Waals surface area (Å²) in [5.41, 5.74) is -0.441. The molecule has 0 heterocycles. The van der Waals surface area contributed by atoms with Gasteiger partial charge in [-0.15, -0.1) is 0 Å². The summed E-state index contributed by atoms with van der Waals surface area (Å²) in [6, 6.07) is 9.46. The van der Waals surface area contributed by atoms with Crippen LogP contribution in [-0.2, 0) is 34.3 Å². The Morgan fingerprint density at radius 3 is 2.00 bits per heavy atom. The minimum absolute atomic E-state index is 0.0733. The number of benzene rings is 1. The molecule has 0 saturated heterocycles. The average molecular weight is 386 g/mol. The highest BCUT2D eigenvalue weighted by Gasteiger charge is 2.36. The van der Waals surface area contributed by atoms with Crippen molar-refractivity contribution < 1.29 is 27.7 Å².